The molecule has 1 saturated heterocycles. The van der Waals surface area contributed by atoms with Gasteiger partial charge in [0.25, 0.3) is 5.92 Å². The van der Waals surface area contributed by atoms with Gasteiger partial charge >= 0.3 is 0 Å². The summed E-state index contributed by atoms with van der Waals surface area (Å²) in [4.78, 5) is 0. The van der Waals surface area contributed by atoms with Gasteiger partial charge in [-0.1, -0.05) is 22.4 Å². The minimum absolute atomic E-state index is 0.230. The van der Waals surface area contributed by atoms with Gasteiger partial charge in [0.15, 0.2) is 0 Å². The maximum atomic E-state index is 14.1. The molecule has 0 amide bonds. The molecule has 0 aliphatic carbocycles. The average Bonchev–Trinajstić information content (AvgIpc) is 2.33. The van der Waals surface area contributed by atoms with Crippen molar-refractivity contribution in [3.63, 3.8) is 0 Å². The van der Waals surface area contributed by atoms with Crippen LogP contribution >= 0.6 is 15.9 Å². The molecule has 0 bridgehead atoms. The maximum Gasteiger partial charge on any atom is 0.277 e. The number of piperidine rings is 1. The molecular formula is C13H15BrF3N. The first-order valence-electron chi connectivity index (χ1n) is 6.06. The maximum absolute atomic E-state index is 14.1. The van der Waals surface area contributed by atoms with Crippen LogP contribution in [-0.4, -0.2) is 12.6 Å². The van der Waals surface area contributed by atoms with E-state index in [2.05, 4.69) is 21.2 Å². The smallest absolute Gasteiger partial charge is 0.277 e. The van der Waals surface area contributed by atoms with Crippen LogP contribution in [0.4, 0.5) is 13.2 Å². The summed E-state index contributed by atoms with van der Waals surface area (Å²) in [7, 11) is 0. The Hall–Kier alpha value is -0.550. The number of alkyl halides is 2. The van der Waals surface area contributed by atoms with Gasteiger partial charge in [-0.05, 0) is 37.6 Å². The SMILES string of the molecule is Fc1ccc(Br)cc1C(F)(F)CC1CCCCN1. The lowest BCUT2D eigenvalue weighted by atomic mass is 9.95. The molecule has 1 aliphatic rings. The van der Waals surface area contributed by atoms with E-state index in [-0.39, 0.29) is 12.5 Å². The van der Waals surface area contributed by atoms with Gasteiger partial charge in [-0.3, -0.25) is 0 Å². The molecular weight excluding hydrogens is 307 g/mol. The molecule has 0 aromatic heterocycles. The number of rotatable bonds is 3. The fraction of sp³-hybridized carbons (Fsp3) is 0.538. The lowest BCUT2D eigenvalue weighted by molar-refractivity contribution is -0.0284. The average molecular weight is 322 g/mol. The largest absolute Gasteiger partial charge is 0.314 e. The zero-order valence-corrected chi connectivity index (χ0v) is 11.4. The monoisotopic (exact) mass is 321 g/mol. The molecule has 1 aliphatic heterocycles. The van der Waals surface area contributed by atoms with Gasteiger partial charge in [-0.15, -0.1) is 0 Å². The highest BCUT2D eigenvalue weighted by Gasteiger charge is 2.37. The first-order valence-corrected chi connectivity index (χ1v) is 6.85. The van der Waals surface area contributed by atoms with Crippen LogP contribution in [0.5, 0.6) is 0 Å². The van der Waals surface area contributed by atoms with Crippen LogP contribution in [0.15, 0.2) is 22.7 Å². The summed E-state index contributed by atoms with van der Waals surface area (Å²) < 4.78 is 42.1. The third kappa shape index (κ3) is 3.26. The van der Waals surface area contributed by atoms with Crippen molar-refractivity contribution in [2.75, 3.05) is 6.54 Å². The zero-order chi connectivity index (χ0) is 13.2. The molecule has 100 valence electrons. The standard InChI is InChI=1S/C13H15BrF3N/c14-9-4-5-12(15)11(7-9)13(16,17)8-10-3-1-2-6-18-10/h4-5,7,10,18H,1-3,6,8H2. The third-order valence-corrected chi connectivity index (χ3v) is 3.73. The molecule has 1 unspecified atom stereocenters. The Morgan fingerprint density at radius 1 is 1.33 bits per heavy atom. The first kappa shape index (κ1) is 13.9. The Labute approximate surface area is 113 Å². The number of halogens is 4. The van der Waals surface area contributed by atoms with Crippen molar-refractivity contribution >= 4 is 15.9 Å². The van der Waals surface area contributed by atoms with Gasteiger partial charge in [0.1, 0.15) is 5.82 Å². The molecule has 1 aromatic carbocycles. The predicted octanol–water partition coefficient (Wildman–Crippen LogP) is 4.21. The summed E-state index contributed by atoms with van der Waals surface area (Å²) in [6, 6.07) is 3.43. The van der Waals surface area contributed by atoms with Crippen LogP contribution in [0.2, 0.25) is 0 Å². The Morgan fingerprint density at radius 2 is 2.11 bits per heavy atom. The highest BCUT2D eigenvalue weighted by molar-refractivity contribution is 9.10. The van der Waals surface area contributed by atoms with E-state index in [9.17, 15) is 13.2 Å². The van der Waals surface area contributed by atoms with E-state index in [0.29, 0.717) is 4.47 Å². The topological polar surface area (TPSA) is 12.0 Å². The second kappa shape index (κ2) is 5.61. The molecule has 1 aromatic rings. The van der Waals surface area contributed by atoms with Crippen molar-refractivity contribution in [1.29, 1.82) is 0 Å². The second-order valence-electron chi connectivity index (χ2n) is 4.68. The summed E-state index contributed by atoms with van der Waals surface area (Å²) >= 11 is 3.10. The highest BCUT2D eigenvalue weighted by atomic mass is 79.9. The van der Waals surface area contributed by atoms with Crippen molar-refractivity contribution < 1.29 is 13.2 Å². The fourth-order valence-corrected chi connectivity index (χ4v) is 2.66. The van der Waals surface area contributed by atoms with Crippen molar-refractivity contribution in [2.24, 2.45) is 0 Å². The van der Waals surface area contributed by atoms with Gasteiger partial charge in [-0.2, -0.15) is 0 Å². The lowest BCUT2D eigenvalue weighted by Crippen LogP contribution is -2.38. The molecule has 1 N–H and O–H groups in total. The predicted molar refractivity (Wildman–Crippen MR) is 68.3 cm³/mol. The van der Waals surface area contributed by atoms with Gasteiger partial charge in [-0.25, -0.2) is 13.2 Å². The van der Waals surface area contributed by atoms with Crippen LogP contribution in [0.1, 0.15) is 31.2 Å². The molecule has 5 heteroatoms. The van der Waals surface area contributed by atoms with E-state index in [0.717, 1.165) is 37.9 Å². The Kier molecular flexibility index (Phi) is 4.33. The van der Waals surface area contributed by atoms with E-state index in [1.54, 1.807) is 0 Å². The number of hydrogen-bond acceptors (Lipinski definition) is 1. The molecule has 1 heterocycles. The lowest BCUT2D eigenvalue weighted by Gasteiger charge is -2.28. The Bertz CT molecular complexity index is 417. The molecule has 2 rings (SSSR count). The van der Waals surface area contributed by atoms with Crippen LogP contribution in [0, 0.1) is 5.82 Å². The molecule has 0 saturated carbocycles. The molecule has 0 radical (unpaired) electrons. The fourth-order valence-electron chi connectivity index (χ4n) is 2.30. The molecule has 1 fully saturated rings. The first-order chi connectivity index (χ1) is 8.49. The Balaban J connectivity index is 2.15. The van der Waals surface area contributed by atoms with Gasteiger partial charge < -0.3 is 5.32 Å². The van der Waals surface area contributed by atoms with Gasteiger partial charge in [0, 0.05) is 16.9 Å². The number of hydrogen-bond donors (Lipinski definition) is 1. The van der Waals surface area contributed by atoms with Crippen LogP contribution in [-0.2, 0) is 5.92 Å². The summed E-state index contributed by atoms with van der Waals surface area (Å²) in [6.07, 6.45) is 2.35. The molecule has 1 nitrogen and oxygen atoms in total. The van der Waals surface area contributed by atoms with E-state index >= 15 is 0 Å². The molecule has 1 atom stereocenters. The minimum Gasteiger partial charge on any atom is -0.314 e. The van der Waals surface area contributed by atoms with E-state index in [1.807, 2.05) is 0 Å². The highest BCUT2D eigenvalue weighted by Crippen LogP contribution is 2.37. The van der Waals surface area contributed by atoms with Crippen LogP contribution < -0.4 is 5.32 Å². The van der Waals surface area contributed by atoms with Gasteiger partial charge in [0.05, 0.1) is 5.56 Å². The van der Waals surface area contributed by atoms with Crippen LogP contribution in [0.3, 0.4) is 0 Å². The normalized spacial score (nSPS) is 21.0. The zero-order valence-electron chi connectivity index (χ0n) is 9.86. The summed E-state index contributed by atoms with van der Waals surface area (Å²) in [5.74, 6) is -3.98. The van der Waals surface area contributed by atoms with Crippen molar-refractivity contribution in [2.45, 2.75) is 37.6 Å². The summed E-state index contributed by atoms with van der Waals surface area (Å²) in [5.41, 5.74) is -0.524. The van der Waals surface area contributed by atoms with Crippen LogP contribution in [0.25, 0.3) is 0 Å². The summed E-state index contributed by atoms with van der Waals surface area (Å²) in [5, 5.41) is 3.06. The molecule has 0 spiro atoms. The van der Waals surface area contributed by atoms with Crippen molar-refractivity contribution in [3.8, 4) is 0 Å². The van der Waals surface area contributed by atoms with Crippen molar-refractivity contribution in [1.82, 2.24) is 5.32 Å². The molecule has 18 heavy (non-hydrogen) atoms. The van der Waals surface area contributed by atoms with Crippen molar-refractivity contribution in [3.05, 3.63) is 34.1 Å². The van der Waals surface area contributed by atoms with E-state index in [4.69, 9.17) is 0 Å². The van der Waals surface area contributed by atoms with E-state index < -0.39 is 17.3 Å². The quantitative estimate of drug-likeness (QED) is 0.879. The number of benzene rings is 1. The number of nitrogens with one attached hydrogen (secondary N) is 1. The second-order valence-corrected chi connectivity index (χ2v) is 5.60. The van der Waals surface area contributed by atoms with E-state index in [1.165, 1.54) is 6.07 Å². The Morgan fingerprint density at radius 3 is 2.78 bits per heavy atom. The summed E-state index contributed by atoms with van der Waals surface area (Å²) in [6.45, 7) is 0.766. The third-order valence-electron chi connectivity index (χ3n) is 3.24. The minimum atomic E-state index is -3.14. The van der Waals surface area contributed by atoms with Gasteiger partial charge in [0.2, 0.25) is 0 Å².